The molecule has 4 rings (SSSR count). The van der Waals surface area contributed by atoms with E-state index in [1.807, 2.05) is 30.3 Å². The molecule has 0 radical (unpaired) electrons. The number of nitrogens with zero attached hydrogens (tertiary/aromatic N) is 1. The summed E-state index contributed by atoms with van der Waals surface area (Å²) in [5.41, 5.74) is 0.932. The number of aromatic nitrogens is 1. The minimum atomic E-state index is -3.30. The maximum atomic E-state index is 12.4. The molecule has 0 aliphatic heterocycles. The van der Waals surface area contributed by atoms with E-state index in [9.17, 15) is 8.42 Å². The third-order valence-electron chi connectivity index (χ3n) is 5.67. The van der Waals surface area contributed by atoms with Gasteiger partial charge in [0.1, 0.15) is 0 Å². The van der Waals surface area contributed by atoms with E-state index in [0.29, 0.717) is 23.5 Å². The fourth-order valence-corrected chi connectivity index (χ4v) is 5.76. The van der Waals surface area contributed by atoms with Gasteiger partial charge in [-0.1, -0.05) is 49.6 Å². The van der Waals surface area contributed by atoms with Gasteiger partial charge in [0.15, 0.2) is 5.76 Å². The highest BCUT2D eigenvalue weighted by Crippen LogP contribution is 2.49. The summed E-state index contributed by atoms with van der Waals surface area (Å²) in [5.74, 6) is 3.00. The minimum absolute atomic E-state index is 0.107. The number of rotatable bonds is 6. The molecule has 0 bridgehead atoms. The van der Waals surface area contributed by atoms with Crippen molar-refractivity contribution in [2.75, 3.05) is 5.75 Å². The van der Waals surface area contributed by atoms with Gasteiger partial charge in [-0.2, -0.15) is 0 Å². The average Bonchev–Trinajstić information content (AvgIpc) is 3.08. The quantitative estimate of drug-likeness (QED) is 0.854. The Kier molecular flexibility index (Phi) is 4.65. The summed E-state index contributed by atoms with van der Waals surface area (Å²) in [5, 5.41) is 0. The van der Waals surface area contributed by atoms with Crippen LogP contribution in [0.25, 0.3) is 11.3 Å². The van der Waals surface area contributed by atoms with Crippen molar-refractivity contribution < 1.29 is 12.8 Å². The van der Waals surface area contributed by atoms with Crippen LogP contribution in [0.4, 0.5) is 0 Å². The molecule has 2 aliphatic rings. The Morgan fingerprint density at radius 1 is 1.16 bits per heavy atom. The van der Waals surface area contributed by atoms with Gasteiger partial charge in [0.25, 0.3) is 0 Å². The molecule has 2 fully saturated rings. The third-order valence-corrected chi connectivity index (χ3v) is 7.12. The summed E-state index contributed by atoms with van der Waals surface area (Å²) in [6, 6.07) is 9.66. The van der Waals surface area contributed by atoms with Gasteiger partial charge in [0, 0.05) is 5.56 Å². The Morgan fingerprint density at radius 2 is 1.96 bits per heavy atom. The van der Waals surface area contributed by atoms with Crippen molar-refractivity contribution in [3.63, 3.8) is 0 Å². The maximum Gasteiger partial charge on any atom is 0.212 e. The molecule has 1 heterocycles. The zero-order valence-electron chi connectivity index (χ0n) is 14.2. The van der Waals surface area contributed by atoms with Gasteiger partial charge < -0.3 is 4.42 Å². The molecule has 2 saturated carbocycles. The molecule has 6 heteroatoms. The van der Waals surface area contributed by atoms with Crippen LogP contribution in [-0.4, -0.2) is 19.2 Å². The fourth-order valence-electron chi connectivity index (χ4n) is 4.35. The number of benzene rings is 1. The SMILES string of the molecule is O=S(=O)(C[C@@H]1C[C@@H]2CCCC[C@@H]21)NCc1ncc(-c2ccccc2)o1. The lowest BCUT2D eigenvalue weighted by molar-refractivity contribution is 0.0439. The van der Waals surface area contributed by atoms with E-state index in [2.05, 4.69) is 9.71 Å². The van der Waals surface area contributed by atoms with E-state index < -0.39 is 10.0 Å². The first kappa shape index (κ1) is 16.8. The van der Waals surface area contributed by atoms with Crippen molar-refractivity contribution in [1.82, 2.24) is 9.71 Å². The van der Waals surface area contributed by atoms with Gasteiger partial charge in [-0.15, -0.1) is 0 Å². The monoisotopic (exact) mass is 360 g/mol. The molecule has 5 nitrogen and oxygen atoms in total. The first-order valence-electron chi connectivity index (χ1n) is 9.08. The predicted octanol–water partition coefficient (Wildman–Crippen LogP) is 3.59. The van der Waals surface area contributed by atoms with E-state index in [1.54, 1.807) is 6.20 Å². The smallest absolute Gasteiger partial charge is 0.212 e. The molecule has 1 aromatic carbocycles. The van der Waals surface area contributed by atoms with Gasteiger partial charge in [-0.05, 0) is 30.6 Å². The lowest BCUT2D eigenvalue weighted by atomic mass is 9.59. The van der Waals surface area contributed by atoms with Crippen LogP contribution in [-0.2, 0) is 16.6 Å². The standard InChI is InChI=1S/C19H24N2O3S/c22-25(23,13-16-10-15-8-4-5-9-17(15)16)21-12-19-20-11-18(24-19)14-6-2-1-3-7-14/h1-3,6-7,11,15-17,21H,4-5,8-10,12-13H2/t15-,16-,17-/m0/s1. The Labute approximate surface area is 148 Å². The zero-order chi connectivity index (χ0) is 17.3. The molecule has 134 valence electrons. The summed E-state index contributed by atoms with van der Waals surface area (Å²) in [4.78, 5) is 4.18. The Balaban J connectivity index is 1.32. The molecule has 0 saturated heterocycles. The van der Waals surface area contributed by atoms with E-state index >= 15 is 0 Å². The summed E-state index contributed by atoms with van der Waals surface area (Å²) in [6.45, 7) is 0.107. The predicted molar refractivity (Wildman–Crippen MR) is 96.1 cm³/mol. The molecule has 0 unspecified atom stereocenters. The maximum absolute atomic E-state index is 12.4. The second-order valence-corrected chi connectivity index (χ2v) is 9.14. The average molecular weight is 360 g/mol. The highest BCUT2D eigenvalue weighted by atomic mass is 32.2. The second-order valence-electron chi connectivity index (χ2n) is 7.29. The molecule has 2 aromatic rings. The van der Waals surface area contributed by atoms with Crippen molar-refractivity contribution in [3.05, 3.63) is 42.4 Å². The van der Waals surface area contributed by atoms with Gasteiger partial charge in [-0.3, -0.25) is 0 Å². The van der Waals surface area contributed by atoms with E-state index in [0.717, 1.165) is 17.9 Å². The highest BCUT2D eigenvalue weighted by Gasteiger charge is 2.43. The lowest BCUT2D eigenvalue weighted by Crippen LogP contribution is -2.44. The fraction of sp³-hybridized carbons (Fsp3) is 0.526. The summed E-state index contributed by atoms with van der Waals surface area (Å²) >= 11 is 0. The molecule has 1 N–H and O–H groups in total. The van der Waals surface area contributed by atoms with Crippen molar-refractivity contribution in [2.24, 2.45) is 17.8 Å². The molecule has 0 amide bonds. The minimum Gasteiger partial charge on any atom is -0.439 e. The molecular weight excluding hydrogens is 336 g/mol. The number of oxazole rings is 1. The number of fused-ring (bicyclic) bond motifs is 1. The van der Waals surface area contributed by atoms with E-state index in [1.165, 1.54) is 25.7 Å². The first-order valence-corrected chi connectivity index (χ1v) is 10.7. The third kappa shape index (κ3) is 3.80. The first-order chi connectivity index (χ1) is 12.1. The Morgan fingerprint density at radius 3 is 2.76 bits per heavy atom. The molecule has 1 aromatic heterocycles. The largest absolute Gasteiger partial charge is 0.439 e. The van der Waals surface area contributed by atoms with Crippen LogP contribution in [0.3, 0.4) is 0 Å². The van der Waals surface area contributed by atoms with Crippen LogP contribution in [0.1, 0.15) is 38.0 Å². The van der Waals surface area contributed by atoms with Crippen LogP contribution in [0.5, 0.6) is 0 Å². The second kappa shape index (κ2) is 6.92. The van der Waals surface area contributed by atoms with Gasteiger partial charge >= 0.3 is 0 Å². The topological polar surface area (TPSA) is 72.2 Å². The molecule has 2 aliphatic carbocycles. The van der Waals surface area contributed by atoms with Crippen molar-refractivity contribution in [3.8, 4) is 11.3 Å². The molecular formula is C19H24N2O3S. The molecule has 25 heavy (non-hydrogen) atoms. The highest BCUT2D eigenvalue weighted by molar-refractivity contribution is 7.89. The van der Waals surface area contributed by atoms with Crippen molar-refractivity contribution in [1.29, 1.82) is 0 Å². The number of hydrogen-bond acceptors (Lipinski definition) is 4. The summed E-state index contributed by atoms with van der Waals surface area (Å²) < 4.78 is 33.1. The Bertz CT molecular complexity index is 816. The molecule has 3 atom stereocenters. The van der Waals surface area contributed by atoms with Crippen LogP contribution in [0.2, 0.25) is 0 Å². The summed E-state index contributed by atoms with van der Waals surface area (Å²) in [7, 11) is -3.30. The van der Waals surface area contributed by atoms with E-state index in [4.69, 9.17) is 4.42 Å². The van der Waals surface area contributed by atoms with Crippen LogP contribution < -0.4 is 4.72 Å². The van der Waals surface area contributed by atoms with Gasteiger partial charge in [0.05, 0.1) is 18.5 Å². The van der Waals surface area contributed by atoms with Crippen LogP contribution in [0.15, 0.2) is 40.9 Å². The van der Waals surface area contributed by atoms with Crippen LogP contribution in [0, 0.1) is 17.8 Å². The van der Waals surface area contributed by atoms with Crippen molar-refractivity contribution in [2.45, 2.75) is 38.6 Å². The van der Waals surface area contributed by atoms with Crippen LogP contribution >= 0.6 is 0 Å². The lowest BCUT2D eigenvalue weighted by Gasteiger charge is -2.47. The molecule has 0 spiro atoms. The van der Waals surface area contributed by atoms with Gasteiger partial charge in [0.2, 0.25) is 15.9 Å². The van der Waals surface area contributed by atoms with Crippen molar-refractivity contribution >= 4 is 10.0 Å². The number of hydrogen-bond donors (Lipinski definition) is 1. The Hall–Kier alpha value is -1.66. The van der Waals surface area contributed by atoms with Gasteiger partial charge in [-0.25, -0.2) is 18.1 Å². The normalized spacial score (nSPS) is 26.0. The van der Waals surface area contributed by atoms with E-state index in [-0.39, 0.29) is 12.3 Å². The number of sulfonamides is 1. The number of nitrogens with one attached hydrogen (secondary N) is 1. The summed E-state index contributed by atoms with van der Waals surface area (Å²) in [6.07, 6.45) is 7.76. The zero-order valence-corrected chi connectivity index (χ0v) is 15.0.